The second kappa shape index (κ2) is 8.35. The maximum atomic E-state index is 11.8. The van der Waals surface area contributed by atoms with Crippen LogP contribution in [0.3, 0.4) is 0 Å². The summed E-state index contributed by atoms with van der Waals surface area (Å²) < 4.78 is 9.53. The largest absolute Gasteiger partial charge is 0.424 e. The van der Waals surface area contributed by atoms with Crippen LogP contribution in [-0.2, 0) is 19.1 Å². The van der Waals surface area contributed by atoms with E-state index in [-0.39, 0.29) is 5.57 Å². The van der Waals surface area contributed by atoms with Crippen molar-refractivity contribution in [1.82, 2.24) is 0 Å². The SMILES string of the molecule is C=C(C)C(=O)OC(CCCCC)OC(=O)C(C)(C)Br. The summed E-state index contributed by atoms with van der Waals surface area (Å²) in [5.41, 5.74) is 0.287. The zero-order valence-electron chi connectivity index (χ0n) is 12.1. The molecule has 0 radical (unpaired) electrons. The first-order valence-electron chi connectivity index (χ1n) is 6.45. The number of unbranched alkanes of at least 4 members (excludes halogenated alkanes) is 2. The number of hydrogen-bond acceptors (Lipinski definition) is 4. The fourth-order valence-corrected chi connectivity index (χ4v) is 1.28. The molecule has 0 aliphatic rings. The van der Waals surface area contributed by atoms with Crippen LogP contribution >= 0.6 is 15.9 Å². The molecular weight excluding hydrogens is 312 g/mol. The van der Waals surface area contributed by atoms with Crippen LogP contribution in [0.5, 0.6) is 0 Å². The Balaban J connectivity index is 4.53. The van der Waals surface area contributed by atoms with E-state index < -0.39 is 22.6 Å². The minimum Gasteiger partial charge on any atom is -0.424 e. The maximum absolute atomic E-state index is 11.8. The molecule has 1 unspecified atom stereocenters. The van der Waals surface area contributed by atoms with Gasteiger partial charge in [0.15, 0.2) is 0 Å². The van der Waals surface area contributed by atoms with Crippen LogP contribution < -0.4 is 0 Å². The van der Waals surface area contributed by atoms with Gasteiger partial charge in [-0.1, -0.05) is 42.3 Å². The molecule has 0 heterocycles. The zero-order valence-corrected chi connectivity index (χ0v) is 13.7. The van der Waals surface area contributed by atoms with Crippen LogP contribution in [0.25, 0.3) is 0 Å². The molecule has 0 N–H and O–H groups in total. The van der Waals surface area contributed by atoms with E-state index in [1.54, 1.807) is 20.8 Å². The molecule has 19 heavy (non-hydrogen) atoms. The summed E-state index contributed by atoms with van der Waals surface area (Å²) >= 11 is 3.22. The molecule has 5 heteroatoms. The summed E-state index contributed by atoms with van der Waals surface area (Å²) in [7, 11) is 0. The van der Waals surface area contributed by atoms with Crippen molar-refractivity contribution in [1.29, 1.82) is 0 Å². The summed E-state index contributed by atoms with van der Waals surface area (Å²) in [6.07, 6.45) is 2.53. The molecule has 4 nitrogen and oxygen atoms in total. The molecule has 0 aliphatic carbocycles. The number of carbonyl (C=O) groups is 2. The molecule has 0 spiro atoms. The van der Waals surface area contributed by atoms with E-state index in [0.717, 1.165) is 19.3 Å². The van der Waals surface area contributed by atoms with Crippen molar-refractivity contribution in [3.8, 4) is 0 Å². The second-order valence-corrected chi connectivity index (χ2v) is 6.97. The fraction of sp³-hybridized carbons (Fsp3) is 0.714. The molecule has 0 aromatic carbocycles. The normalized spacial score (nSPS) is 12.7. The van der Waals surface area contributed by atoms with Gasteiger partial charge in [0.05, 0.1) is 0 Å². The molecule has 0 aliphatic heterocycles. The quantitative estimate of drug-likeness (QED) is 0.223. The molecule has 0 bridgehead atoms. The molecule has 0 rings (SSSR count). The van der Waals surface area contributed by atoms with Gasteiger partial charge in [-0.25, -0.2) is 4.79 Å². The first kappa shape index (κ1) is 18.2. The Morgan fingerprint density at radius 3 is 2.26 bits per heavy atom. The van der Waals surface area contributed by atoms with E-state index >= 15 is 0 Å². The highest BCUT2D eigenvalue weighted by Crippen LogP contribution is 2.20. The average molecular weight is 335 g/mol. The van der Waals surface area contributed by atoms with Crippen molar-refractivity contribution >= 4 is 27.9 Å². The Morgan fingerprint density at radius 2 is 1.84 bits per heavy atom. The number of halogens is 1. The lowest BCUT2D eigenvalue weighted by Gasteiger charge is -2.22. The lowest BCUT2D eigenvalue weighted by Crippen LogP contribution is -2.33. The highest BCUT2D eigenvalue weighted by Gasteiger charge is 2.29. The second-order valence-electron chi connectivity index (χ2n) is 4.99. The predicted octanol–water partition coefficient (Wildman–Crippen LogP) is 3.73. The lowest BCUT2D eigenvalue weighted by atomic mass is 10.2. The number of alkyl halides is 1. The first-order chi connectivity index (χ1) is 8.68. The number of ether oxygens (including phenoxy) is 2. The van der Waals surface area contributed by atoms with Gasteiger partial charge in [-0.05, 0) is 27.2 Å². The van der Waals surface area contributed by atoms with Crippen molar-refractivity contribution in [3.05, 3.63) is 12.2 Å². The van der Waals surface area contributed by atoms with Gasteiger partial charge in [-0.3, -0.25) is 4.79 Å². The summed E-state index contributed by atoms with van der Waals surface area (Å²) in [5.74, 6) is -0.995. The molecule has 1 atom stereocenters. The van der Waals surface area contributed by atoms with Gasteiger partial charge in [-0.15, -0.1) is 0 Å². The third-order valence-electron chi connectivity index (χ3n) is 2.35. The zero-order chi connectivity index (χ0) is 15.1. The number of rotatable bonds is 8. The third-order valence-corrected chi connectivity index (χ3v) is 2.68. The highest BCUT2D eigenvalue weighted by molar-refractivity contribution is 9.10. The molecular formula is C14H23BrO4. The van der Waals surface area contributed by atoms with Crippen LogP contribution in [0.15, 0.2) is 12.2 Å². The Hall–Kier alpha value is -0.840. The molecule has 0 fully saturated rings. The minimum atomic E-state index is -0.847. The third kappa shape index (κ3) is 8.03. The van der Waals surface area contributed by atoms with Crippen molar-refractivity contribution in [2.24, 2.45) is 0 Å². The number of carbonyl (C=O) groups excluding carboxylic acids is 2. The van der Waals surface area contributed by atoms with Gasteiger partial charge in [0.25, 0.3) is 0 Å². The van der Waals surface area contributed by atoms with Crippen molar-refractivity contribution in [2.75, 3.05) is 0 Å². The van der Waals surface area contributed by atoms with Crippen molar-refractivity contribution < 1.29 is 19.1 Å². The monoisotopic (exact) mass is 334 g/mol. The summed E-state index contributed by atoms with van der Waals surface area (Å²) in [5, 5.41) is 0. The van der Waals surface area contributed by atoms with E-state index in [2.05, 4.69) is 29.4 Å². The topological polar surface area (TPSA) is 52.6 Å². The fourth-order valence-electron chi connectivity index (χ4n) is 1.18. The Kier molecular flexibility index (Phi) is 7.99. The van der Waals surface area contributed by atoms with Gasteiger partial charge in [-0.2, -0.15) is 0 Å². The molecule has 0 saturated heterocycles. The van der Waals surface area contributed by atoms with E-state index in [0.29, 0.717) is 6.42 Å². The van der Waals surface area contributed by atoms with E-state index in [4.69, 9.17) is 9.47 Å². The smallest absolute Gasteiger partial charge is 0.336 e. The number of hydrogen-bond donors (Lipinski definition) is 0. The van der Waals surface area contributed by atoms with Crippen LogP contribution in [0.2, 0.25) is 0 Å². The van der Waals surface area contributed by atoms with Crippen molar-refractivity contribution in [2.45, 2.75) is 64.0 Å². The Morgan fingerprint density at radius 1 is 1.26 bits per heavy atom. The van der Waals surface area contributed by atoms with Gasteiger partial charge in [0, 0.05) is 12.0 Å². The Bertz CT molecular complexity index is 331. The average Bonchev–Trinajstić information content (AvgIpc) is 2.27. The summed E-state index contributed by atoms with van der Waals surface area (Å²) in [4.78, 5) is 23.3. The number of esters is 2. The summed E-state index contributed by atoms with van der Waals surface area (Å²) in [6.45, 7) is 10.5. The standard InChI is InChI=1S/C14H23BrO4/c1-6-7-8-9-11(18-12(16)10(2)3)19-13(17)14(4,5)15/h11H,2,6-9H2,1,3-5H3. The van der Waals surface area contributed by atoms with Gasteiger partial charge in [0.2, 0.25) is 6.29 Å². The van der Waals surface area contributed by atoms with Crippen LogP contribution in [0.1, 0.15) is 53.4 Å². The minimum absolute atomic E-state index is 0.287. The van der Waals surface area contributed by atoms with Gasteiger partial charge < -0.3 is 9.47 Å². The molecule has 0 amide bonds. The van der Waals surface area contributed by atoms with E-state index in [9.17, 15) is 9.59 Å². The molecule has 0 aromatic rings. The van der Waals surface area contributed by atoms with Gasteiger partial charge >= 0.3 is 11.9 Å². The predicted molar refractivity (Wildman–Crippen MR) is 77.9 cm³/mol. The van der Waals surface area contributed by atoms with Crippen LogP contribution in [-0.4, -0.2) is 22.6 Å². The van der Waals surface area contributed by atoms with E-state index in [1.165, 1.54) is 0 Å². The molecule has 0 saturated carbocycles. The van der Waals surface area contributed by atoms with Crippen molar-refractivity contribution in [3.63, 3.8) is 0 Å². The highest BCUT2D eigenvalue weighted by atomic mass is 79.9. The summed E-state index contributed by atoms with van der Waals surface area (Å²) in [6, 6.07) is 0. The van der Waals surface area contributed by atoms with E-state index in [1.807, 2.05) is 0 Å². The molecule has 0 aromatic heterocycles. The molecule has 110 valence electrons. The lowest BCUT2D eigenvalue weighted by molar-refractivity contribution is -0.187. The van der Waals surface area contributed by atoms with Crippen LogP contribution in [0, 0.1) is 0 Å². The Labute approximate surface area is 123 Å². The first-order valence-corrected chi connectivity index (χ1v) is 7.24. The maximum Gasteiger partial charge on any atom is 0.336 e. The van der Waals surface area contributed by atoms with Crippen LogP contribution in [0.4, 0.5) is 0 Å². The van der Waals surface area contributed by atoms with Gasteiger partial charge in [0.1, 0.15) is 4.32 Å².